The zero-order chi connectivity index (χ0) is 22.9. The standard InChI is InChI=1S/C24H21N5O3S/c1-15-11-22(26-23(30)10-9-16-5-4-8-19(12-16)29(31)32)28(27-15)24-25-20-13-17-6-2-3-7-18(17)14-21(20)33-24/h4-5,8-14H,2-3,6-7H2,1H3,(H,26,30)/b10-9+. The van der Waals surface area contributed by atoms with Crippen molar-refractivity contribution in [1.82, 2.24) is 14.8 Å². The summed E-state index contributed by atoms with van der Waals surface area (Å²) in [6, 6.07) is 12.3. The summed E-state index contributed by atoms with van der Waals surface area (Å²) >= 11 is 1.55. The number of nitrogens with one attached hydrogen (secondary N) is 1. The van der Waals surface area contributed by atoms with Crippen LogP contribution in [0.1, 0.15) is 35.2 Å². The molecule has 2 aromatic carbocycles. The van der Waals surface area contributed by atoms with Crippen LogP contribution in [0.3, 0.4) is 0 Å². The van der Waals surface area contributed by atoms with E-state index in [0.29, 0.717) is 16.5 Å². The normalized spacial score (nSPS) is 13.4. The Labute approximate surface area is 193 Å². The predicted octanol–water partition coefficient (Wildman–Crippen LogP) is 5.23. The molecule has 9 heteroatoms. The third-order valence-corrected chi connectivity index (χ3v) is 6.61. The molecule has 166 valence electrons. The molecule has 0 radical (unpaired) electrons. The number of fused-ring (bicyclic) bond motifs is 2. The molecule has 8 nitrogen and oxygen atoms in total. The molecule has 0 bridgehead atoms. The van der Waals surface area contributed by atoms with Crippen LogP contribution in [-0.4, -0.2) is 25.6 Å². The summed E-state index contributed by atoms with van der Waals surface area (Å²) in [5.41, 5.74) is 5.03. The van der Waals surface area contributed by atoms with Gasteiger partial charge in [-0.25, -0.2) is 4.98 Å². The van der Waals surface area contributed by atoms with Gasteiger partial charge in [0.25, 0.3) is 5.69 Å². The lowest BCUT2D eigenvalue weighted by molar-refractivity contribution is -0.384. The fourth-order valence-corrected chi connectivity index (χ4v) is 5.03. The zero-order valence-corrected chi connectivity index (χ0v) is 18.8. The number of benzene rings is 2. The Morgan fingerprint density at radius 1 is 1.18 bits per heavy atom. The number of aromatic nitrogens is 3. The van der Waals surface area contributed by atoms with Crippen molar-refractivity contribution in [3.63, 3.8) is 0 Å². The first-order valence-corrected chi connectivity index (χ1v) is 11.5. The van der Waals surface area contributed by atoms with Crippen molar-refractivity contribution in [2.45, 2.75) is 32.6 Å². The lowest BCUT2D eigenvalue weighted by Crippen LogP contribution is -2.12. The number of hydrogen-bond acceptors (Lipinski definition) is 6. The van der Waals surface area contributed by atoms with Crippen LogP contribution >= 0.6 is 11.3 Å². The molecule has 0 spiro atoms. The molecule has 33 heavy (non-hydrogen) atoms. The molecule has 4 aromatic rings. The summed E-state index contributed by atoms with van der Waals surface area (Å²) in [7, 11) is 0. The van der Waals surface area contributed by atoms with Gasteiger partial charge in [0.05, 0.1) is 20.8 Å². The SMILES string of the molecule is Cc1cc(NC(=O)/C=C/c2cccc([N+](=O)[O-])c2)n(-c2nc3cc4c(cc3s2)CCCC4)n1. The number of aryl methyl sites for hydroxylation is 3. The lowest BCUT2D eigenvalue weighted by atomic mass is 9.92. The Balaban J connectivity index is 1.39. The highest BCUT2D eigenvalue weighted by Gasteiger charge is 2.17. The van der Waals surface area contributed by atoms with Gasteiger partial charge in [-0.05, 0) is 67.5 Å². The van der Waals surface area contributed by atoms with Gasteiger partial charge in [-0.15, -0.1) is 0 Å². The molecular weight excluding hydrogens is 438 g/mol. The molecule has 0 saturated heterocycles. The van der Waals surface area contributed by atoms with Crippen LogP contribution in [-0.2, 0) is 17.6 Å². The van der Waals surface area contributed by atoms with E-state index in [1.54, 1.807) is 34.2 Å². The molecule has 0 atom stereocenters. The molecule has 0 saturated carbocycles. The maximum atomic E-state index is 12.6. The van der Waals surface area contributed by atoms with Gasteiger partial charge in [0.1, 0.15) is 5.82 Å². The van der Waals surface area contributed by atoms with E-state index >= 15 is 0 Å². The number of rotatable bonds is 5. The first-order chi connectivity index (χ1) is 16.0. The van der Waals surface area contributed by atoms with Crippen LogP contribution < -0.4 is 5.32 Å². The van der Waals surface area contributed by atoms with Crippen molar-refractivity contribution in [2.75, 3.05) is 5.32 Å². The number of carbonyl (C=O) groups excluding carboxylic acids is 1. The van der Waals surface area contributed by atoms with Crippen LogP contribution in [0.15, 0.2) is 48.5 Å². The minimum Gasteiger partial charge on any atom is -0.307 e. The zero-order valence-electron chi connectivity index (χ0n) is 17.9. The number of hydrogen-bond donors (Lipinski definition) is 1. The Bertz CT molecular complexity index is 1380. The van der Waals surface area contributed by atoms with Gasteiger partial charge in [-0.2, -0.15) is 9.78 Å². The van der Waals surface area contributed by atoms with E-state index in [2.05, 4.69) is 22.5 Å². The summed E-state index contributed by atoms with van der Waals surface area (Å²) in [6.07, 6.45) is 7.53. The molecule has 0 unspecified atom stereocenters. The Morgan fingerprint density at radius 2 is 1.97 bits per heavy atom. The minimum absolute atomic E-state index is 0.0243. The van der Waals surface area contributed by atoms with Crippen molar-refractivity contribution in [2.24, 2.45) is 0 Å². The average molecular weight is 460 g/mol. The third kappa shape index (κ3) is 4.40. The molecule has 2 aromatic heterocycles. The van der Waals surface area contributed by atoms with Crippen molar-refractivity contribution in [1.29, 1.82) is 0 Å². The number of anilines is 1. The molecule has 0 fully saturated rings. The molecular formula is C24H21N5O3S. The molecule has 1 aliphatic rings. The van der Waals surface area contributed by atoms with Gasteiger partial charge in [0, 0.05) is 24.3 Å². The Morgan fingerprint density at radius 3 is 2.76 bits per heavy atom. The van der Waals surface area contributed by atoms with Crippen LogP contribution in [0.5, 0.6) is 0 Å². The van der Waals surface area contributed by atoms with Crippen LogP contribution in [0.4, 0.5) is 11.5 Å². The Kier molecular flexibility index (Phi) is 5.47. The molecule has 0 aliphatic heterocycles. The second-order valence-corrected chi connectivity index (χ2v) is 9.06. The summed E-state index contributed by atoms with van der Waals surface area (Å²) in [5.74, 6) is 0.157. The average Bonchev–Trinajstić information content (AvgIpc) is 3.38. The number of nitro benzene ring substituents is 1. The highest BCUT2D eigenvalue weighted by atomic mass is 32.1. The molecule has 1 aliphatic carbocycles. The first-order valence-electron chi connectivity index (χ1n) is 10.7. The first kappa shape index (κ1) is 21.0. The van der Waals surface area contributed by atoms with Crippen molar-refractivity contribution in [3.05, 3.63) is 81.0 Å². The van der Waals surface area contributed by atoms with E-state index < -0.39 is 4.92 Å². The summed E-state index contributed by atoms with van der Waals surface area (Å²) in [6.45, 7) is 1.86. The van der Waals surface area contributed by atoms with Crippen molar-refractivity contribution >= 4 is 45.0 Å². The van der Waals surface area contributed by atoms with Crippen LogP contribution in [0.25, 0.3) is 21.4 Å². The highest BCUT2D eigenvalue weighted by molar-refractivity contribution is 7.20. The molecule has 2 heterocycles. The molecule has 1 N–H and O–H groups in total. The number of thiazole rings is 1. The predicted molar refractivity (Wildman–Crippen MR) is 129 cm³/mol. The van der Waals surface area contributed by atoms with E-state index in [1.165, 1.54) is 48.3 Å². The number of nitro groups is 1. The van der Waals surface area contributed by atoms with E-state index in [-0.39, 0.29) is 11.6 Å². The third-order valence-electron chi connectivity index (χ3n) is 5.61. The van der Waals surface area contributed by atoms with E-state index in [9.17, 15) is 14.9 Å². The maximum absolute atomic E-state index is 12.6. The smallest absolute Gasteiger partial charge is 0.270 e. The maximum Gasteiger partial charge on any atom is 0.270 e. The van der Waals surface area contributed by atoms with E-state index in [1.807, 2.05) is 6.92 Å². The largest absolute Gasteiger partial charge is 0.307 e. The van der Waals surface area contributed by atoms with Crippen molar-refractivity contribution in [3.8, 4) is 5.13 Å². The van der Waals surface area contributed by atoms with Crippen molar-refractivity contribution < 1.29 is 9.72 Å². The van der Waals surface area contributed by atoms with Crippen LogP contribution in [0.2, 0.25) is 0 Å². The van der Waals surface area contributed by atoms with Gasteiger partial charge >= 0.3 is 0 Å². The van der Waals surface area contributed by atoms with E-state index in [4.69, 9.17) is 4.98 Å². The number of nitrogens with zero attached hydrogens (tertiary/aromatic N) is 4. The number of amides is 1. The second kappa shape index (κ2) is 8.59. The summed E-state index contributed by atoms with van der Waals surface area (Å²) in [4.78, 5) is 27.8. The monoisotopic (exact) mass is 459 g/mol. The number of carbonyl (C=O) groups is 1. The quantitative estimate of drug-likeness (QED) is 0.250. The van der Waals surface area contributed by atoms with Gasteiger partial charge < -0.3 is 5.32 Å². The minimum atomic E-state index is -0.465. The summed E-state index contributed by atoms with van der Waals surface area (Å²) in [5, 5.41) is 19.0. The molecule has 5 rings (SSSR count). The summed E-state index contributed by atoms with van der Waals surface area (Å²) < 4.78 is 2.76. The molecule has 1 amide bonds. The Hall–Kier alpha value is -3.85. The lowest BCUT2D eigenvalue weighted by Gasteiger charge is -2.14. The van der Waals surface area contributed by atoms with Gasteiger partial charge in [-0.3, -0.25) is 14.9 Å². The topological polar surface area (TPSA) is 103 Å². The fourth-order valence-electron chi connectivity index (χ4n) is 4.05. The number of non-ortho nitro benzene ring substituents is 1. The van der Waals surface area contributed by atoms with E-state index in [0.717, 1.165) is 28.8 Å². The fraction of sp³-hybridized carbons (Fsp3) is 0.208. The van der Waals surface area contributed by atoms with Gasteiger partial charge in [0.2, 0.25) is 11.0 Å². The van der Waals surface area contributed by atoms with Gasteiger partial charge in [-0.1, -0.05) is 23.5 Å². The van der Waals surface area contributed by atoms with Gasteiger partial charge in [0.15, 0.2) is 0 Å². The second-order valence-electron chi connectivity index (χ2n) is 8.05. The highest BCUT2D eigenvalue weighted by Crippen LogP contribution is 2.32. The van der Waals surface area contributed by atoms with Crippen LogP contribution in [0, 0.1) is 17.0 Å².